The molecule has 1 unspecified atom stereocenters. The van der Waals surface area contributed by atoms with Crippen molar-refractivity contribution in [2.24, 2.45) is 5.92 Å². The van der Waals surface area contributed by atoms with Gasteiger partial charge in [-0.05, 0) is 25.7 Å². The van der Waals surface area contributed by atoms with Crippen molar-refractivity contribution in [3.05, 3.63) is 0 Å². The molecule has 0 bridgehead atoms. The van der Waals surface area contributed by atoms with Crippen molar-refractivity contribution < 1.29 is 9.84 Å². The van der Waals surface area contributed by atoms with E-state index in [9.17, 15) is 5.11 Å². The molecule has 1 saturated carbocycles. The lowest BCUT2D eigenvalue weighted by Gasteiger charge is -2.13. The third-order valence-electron chi connectivity index (χ3n) is 2.90. The van der Waals surface area contributed by atoms with E-state index < -0.39 is 0 Å². The predicted molar refractivity (Wildman–Crippen MR) is 53.7 cm³/mol. The minimum atomic E-state index is -0.236. The summed E-state index contributed by atoms with van der Waals surface area (Å²) < 4.78 is 5.16. The molecule has 0 aromatic carbocycles. The summed E-state index contributed by atoms with van der Waals surface area (Å²) in [4.78, 5) is 0. The molecular weight excluding hydrogens is 164 g/mol. The number of hydrogen-bond donors (Lipinski definition) is 1. The molecule has 1 aliphatic carbocycles. The maximum Gasteiger partial charge on any atom is 0.0773 e. The van der Waals surface area contributed by atoms with E-state index in [0.717, 1.165) is 12.3 Å². The zero-order valence-corrected chi connectivity index (χ0v) is 8.67. The zero-order chi connectivity index (χ0) is 9.52. The van der Waals surface area contributed by atoms with Gasteiger partial charge in [0.05, 0.1) is 12.7 Å². The highest BCUT2D eigenvalue weighted by atomic mass is 16.5. The number of rotatable bonds is 6. The average molecular weight is 186 g/mol. The Kier molecular flexibility index (Phi) is 5.40. The van der Waals surface area contributed by atoms with Gasteiger partial charge in [0.2, 0.25) is 0 Å². The van der Waals surface area contributed by atoms with E-state index in [1.165, 1.54) is 32.1 Å². The van der Waals surface area contributed by atoms with Gasteiger partial charge in [0.1, 0.15) is 0 Å². The van der Waals surface area contributed by atoms with Crippen molar-refractivity contribution in [1.82, 2.24) is 0 Å². The van der Waals surface area contributed by atoms with Crippen molar-refractivity contribution in [2.45, 2.75) is 51.6 Å². The summed E-state index contributed by atoms with van der Waals surface area (Å²) in [7, 11) is 0. The molecule has 0 aromatic rings. The first-order chi connectivity index (χ1) is 6.33. The number of hydrogen-bond acceptors (Lipinski definition) is 2. The fourth-order valence-corrected chi connectivity index (χ4v) is 2.06. The quantitative estimate of drug-likeness (QED) is 0.690. The van der Waals surface area contributed by atoms with Gasteiger partial charge in [-0.15, -0.1) is 0 Å². The second-order valence-electron chi connectivity index (χ2n) is 4.04. The van der Waals surface area contributed by atoms with E-state index in [2.05, 4.69) is 0 Å². The zero-order valence-electron chi connectivity index (χ0n) is 8.67. The van der Waals surface area contributed by atoms with Crippen LogP contribution in [0.5, 0.6) is 0 Å². The van der Waals surface area contributed by atoms with E-state index in [-0.39, 0.29) is 6.10 Å². The lowest BCUT2D eigenvalue weighted by atomic mass is 10.00. The van der Waals surface area contributed by atoms with Gasteiger partial charge in [0.25, 0.3) is 0 Å². The molecule has 0 heterocycles. The molecule has 78 valence electrons. The van der Waals surface area contributed by atoms with Crippen LogP contribution in [0.3, 0.4) is 0 Å². The van der Waals surface area contributed by atoms with Crippen molar-refractivity contribution in [3.8, 4) is 0 Å². The third-order valence-corrected chi connectivity index (χ3v) is 2.90. The SMILES string of the molecule is CCOCC(O)CCC1CCCC1. The Balaban J connectivity index is 1.97. The summed E-state index contributed by atoms with van der Waals surface area (Å²) in [6, 6.07) is 0. The van der Waals surface area contributed by atoms with Crippen molar-refractivity contribution >= 4 is 0 Å². The Hall–Kier alpha value is -0.0800. The minimum absolute atomic E-state index is 0.236. The van der Waals surface area contributed by atoms with E-state index in [1.807, 2.05) is 6.92 Å². The molecule has 1 rings (SSSR count). The topological polar surface area (TPSA) is 29.5 Å². The van der Waals surface area contributed by atoms with Crippen LogP contribution in [0, 0.1) is 5.92 Å². The summed E-state index contributed by atoms with van der Waals surface area (Å²) in [5.41, 5.74) is 0. The Morgan fingerprint density at radius 2 is 2.08 bits per heavy atom. The number of ether oxygens (including phenoxy) is 1. The third kappa shape index (κ3) is 4.63. The largest absolute Gasteiger partial charge is 0.391 e. The van der Waals surface area contributed by atoms with Crippen LogP contribution in [0.4, 0.5) is 0 Å². The van der Waals surface area contributed by atoms with Crippen LogP contribution in [-0.2, 0) is 4.74 Å². The summed E-state index contributed by atoms with van der Waals surface area (Å²) in [6.07, 6.45) is 7.42. The number of aliphatic hydroxyl groups is 1. The molecule has 0 aromatic heterocycles. The Morgan fingerprint density at radius 1 is 1.38 bits per heavy atom. The average Bonchev–Trinajstić information content (AvgIpc) is 2.64. The van der Waals surface area contributed by atoms with Gasteiger partial charge in [0, 0.05) is 6.61 Å². The summed E-state index contributed by atoms with van der Waals surface area (Å²) in [6.45, 7) is 3.19. The van der Waals surface area contributed by atoms with Crippen molar-refractivity contribution in [1.29, 1.82) is 0 Å². The molecule has 0 amide bonds. The van der Waals surface area contributed by atoms with Gasteiger partial charge in [0.15, 0.2) is 0 Å². The highest BCUT2D eigenvalue weighted by molar-refractivity contribution is 4.68. The molecular formula is C11H22O2. The van der Waals surface area contributed by atoms with E-state index in [1.54, 1.807) is 0 Å². The molecule has 0 radical (unpaired) electrons. The van der Waals surface area contributed by atoms with Crippen LogP contribution in [0.1, 0.15) is 45.4 Å². The molecule has 1 aliphatic rings. The molecule has 13 heavy (non-hydrogen) atoms. The van der Waals surface area contributed by atoms with Crippen LogP contribution in [0.15, 0.2) is 0 Å². The first kappa shape index (κ1) is 11.0. The monoisotopic (exact) mass is 186 g/mol. The highest BCUT2D eigenvalue weighted by Crippen LogP contribution is 2.28. The molecule has 0 saturated heterocycles. The van der Waals surface area contributed by atoms with Crippen molar-refractivity contribution in [2.75, 3.05) is 13.2 Å². The maximum absolute atomic E-state index is 9.52. The highest BCUT2D eigenvalue weighted by Gasteiger charge is 2.16. The van der Waals surface area contributed by atoms with Gasteiger partial charge in [-0.3, -0.25) is 0 Å². The van der Waals surface area contributed by atoms with Crippen LogP contribution in [0.25, 0.3) is 0 Å². The van der Waals surface area contributed by atoms with Crippen LogP contribution in [0.2, 0.25) is 0 Å². The Labute approximate surface area is 81.3 Å². The summed E-state index contributed by atoms with van der Waals surface area (Å²) in [5.74, 6) is 0.885. The smallest absolute Gasteiger partial charge is 0.0773 e. The van der Waals surface area contributed by atoms with Crippen LogP contribution in [-0.4, -0.2) is 24.4 Å². The lowest BCUT2D eigenvalue weighted by Crippen LogP contribution is -2.16. The molecule has 0 aliphatic heterocycles. The molecule has 0 spiro atoms. The predicted octanol–water partition coefficient (Wildman–Crippen LogP) is 2.35. The van der Waals surface area contributed by atoms with Gasteiger partial charge in [-0.1, -0.05) is 25.7 Å². The fourth-order valence-electron chi connectivity index (χ4n) is 2.06. The van der Waals surface area contributed by atoms with Crippen LogP contribution < -0.4 is 0 Å². The fraction of sp³-hybridized carbons (Fsp3) is 1.00. The normalized spacial score (nSPS) is 20.8. The summed E-state index contributed by atoms with van der Waals surface area (Å²) in [5, 5.41) is 9.52. The first-order valence-corrected chi connectivity index (χ1v) is 5.58. The Bertz CT molecular complexity index is 119. The standard InChI is InChI=1S/C11H22O2/c1-2-13-9-11(12)8-7-10-5-3-4-6-10/h10-12H,2-9H2,1H3. The maximum atomic E-state index is 9.52. The summed E-state index contributed by atoms with van der Waals surface area (Å²) >= 11 is 0. The van der Waals surface area contributed by atoms with Crippen molar-refractivity contribution in [3.63, 3.8) is 0 Å². The second-order valence-corrected chi connectivity index (χ2v) is 4.04. The molecule has 2 heteroatoms. The molecule has 1 atom stereocenters. The lowest BCUT2D eigenvalue weighted by molar-refractivity contribution is 0.0349. The first-order valence-electron chi connectivity index (χ1n) is 5.58. The van der Waals surface area contributed by atoms with E-state index in [0.29, 0.717) is 13.2 Å². The van der Waals surface area contributed by atoms with Gasteiger partial charge in [-0.2, -0.15) is 0 Å². The molecule has 1 N–H and O–H groups in total. The van der Waals surface area contributed by atoms with E-state index >= 15 is 0 Å². The second kappa shape index (κ2) is 6.39. The van der Waals surface area contributed by atoms with E-state index in [4.69, 9.17) is 4.74 Å². The molecule has 2 nitrogen and oxygen atoms in total. The van der Waals surface area contributed by atoms with Gasteiger partial charge < -0.3 is 9.84 Å². The van der Waals surface area contributed by atoms with Crippen LogP contribution >= 0.6 is 0 Å². The van der Waals surface area contributed by atoms with Gasteiger partial charge >= 0.3 is 0 Å². The Morgan fingerprint density at radius 3 is 2.69 bits per heavy atom. The minimum Gasteiger partial charge on any atom is -0.391 e. The molecule has 1 fully saturated rings. The van der Waals surface area contributed by atoms with Gasteiger partial charge in [-0.25, -0.2) is 0 Å². The number of aliphatic hydroxyl groups excluding tert-OH is 1.